The van der Waals surface area contributed by atoms with Crippen LogP contribution in [-0.2, 0) is 0 Å². The number of amides is 1. The highest BCUT2D eigenvalue weighted by atomic mass is 35.5. The largest absolute Gasteiger partial charge is 0.339 e. The van der Waals surface area contributed by atoms with Crippen LogP contribution in [0, 0.1) is 6.92 Å². The van der Waals surface area contributed by atoms with Crippen molar-refractivity contribution in [2.45, 2.75) is 45.1 Å². The molecule has 0 atom stereocenters. The minimum absolute atomic E-state index is 0.124. The van der Waals surface area contributed by atoms with Crippen molar-refractivity contribution in [2.24, 2.45) is 0 Å². The van der Waals surface area contributed by atoms with E-state index in [1.165, 1.54) is 32.4 Å². The van der Waals surface area contributed by atoms with Crippen molar-refractivity contribution in [1.29, 1.82) is 0 Å². The molecular formula is C18H25ClN2O. The van der Waals surface area contributed by atoms with Crippen molar-refractivity contribution in [3.05, 3.63) is 34.3 Å². The average molecular weight is 321 g/mol. The second-order valence-corrected chi connectivity index (χ2v) is 6.99. The number of likely N-dealkylation sites (tertiary alicyclic amines) is 2. The number of benzene rings is 1. The van der Waals surface area contributed by atoms with Gasteiger partial charge in [0.2, 0.25) is 0 Å². The van der Waals surface area contributed by atoms with Crippen LogP contribution < -0.4 is 0 Å². The Morgan fingerprint density at radius 1 is 1.09 bits per heavy atom. The van der Waals surface area contributed by atoms with Crippen molar-refractivity contribution < 1.29 is 4.79 Å². The lowest BCUT2D eigenvalue weighted by Crippen LogP contribution is -2.48. The van der Waals surface area contributed by atoms with Crippen LogP contribution in [0.15, 0.2) is 18.2 Å². The zero-order chi connectivity index (χ0) is 15.5. The molecule has 0 bridgehead atoms. The van der Waals surface area contributed by atoms with E-state index < -0.39 is 0 Å². The van der Waals surface area contributed by atoms with Gasteiger partial charge in [-0.25, -0.2) is 0 Å². The summed E-state index contributed by atoms with van der Waals surface area (Å²) < 4.78 is 0. The van der Waals surface area contributed by atoms with E-state index in [0.29, 0.717) is 16.6 Å². The quantitative estimate of drug-likeness (QED) is 0.828. The monoisotopic (exact) mass is 320 g/mol. The summed E-state index contributed by atoms with van der Waals surface area (Å²) in [6.45, 7) is 6.18. The van der Waals surface area contributed by atoms with Gasteiger partial charge in [0.25, 0.3) is 5.91 Å². The van der Waals surface area contributed by atoms with Gasteiger partial charge in [0.05, 0.1) is 0 Å². The van der Waals surface area contributed by atoms with Crippen LogP contribution in [0.2, 0.25) is 5.02 Å². The minimum atomic E-state index is 0.124. The van der Waals surface area contributed by atoms with Crippen LogP contribution in [0.25, 0.3) is 0 Å². The number of carbonyl (C=O) groups excluding carboxylic acids is 1. The van der Waals surface area contributed by atoms with Crippen LogP contribution >= 0.6 is 11.6 Å². The van der Waals surface area contributed by atoms with E-state index in [1.807, 2.05) is 24.0 Å². The Labute approximate surface area is 138 Å². The van der Waals surface area contributed by atoms with Gasteiger partial charge in [-0.15, -0.1) is 0 Å². The van der Waals surface area contributed by atoms with Crippen molar-refractivity contribution in [1.82, 2.24) is 9.80 Å². The van der Waals surface area contributed by atoms with Crippen LogP contribution in [0.4, 0.5) is 0 Å². The molecule has 0 aliphatic carbocycles. The molecule has 2 fully saturated rings. The van der Waals surface area contributed by atoms with Gasteiger partial charge in [-0.1, -0.05) is 24.1 Å². The molecular weight excluding hydrogens is 296 g/mol. The van der Waals surface area contributed by atoms with Gasteiger partial charge in [-0.2, -0.15) is 0 Å². The fraction of sp³-hybridized carbons (Fsp3) is 0.611. The Morgan fingerprint density at radius 2 is 1.77 bits per heavy atom. The predicted molar refractivity (Wildman–Crippen MR) is 90.5 cm³/mol. The minimum Gasteiger partial charge on any atom is -0.339 e. The Hall–Kier alpha value is -1.06. The predicted octanol–water partition coefficient (Wildman–Crippen LogP) is 3.74. The number of aryl methyl sites for hydroxylation is 1. The normalized spacial score (nSPS) is 21.1. The highest BCUT2D eigenvalue weighted by Crippen LogP contribution is 2.23. The molecule has 0 spiro atoms. The van der Waals surface area contributed by atoms with Gasteiger partial charge in [-0.05, 0) is 63.4 Å². The number of carbonyl (C=O) groups is 1. The summed E-state index contributed by atoms with van der Waals surface area (Å²) in [6, 6.07) is 6.29. The van der Waals surface area contributed by atoms with Gasteiger partial charge in [0, 0.05) is 29.7 Å². The molecule has 3 rings (SSSR count). The molecule has 2 aliphatic rings. The van der Waals surface area contributed by atoms with Crippen molar-refractivity contribution in [3.63, 3.8) is 0 Å². The summed E-state index contributed by atoms with van der Waals surface area (Å²) in [7, 11) is 0. The lowest BCUT2D eigenvalue weighted by molar-refractivity contribution is 0.0590. The van der Waals surface area contributed by atoms with Crippen molar-refractivity contribution in [2.75, 3.05) is 26.2 Å². The Balaban J connectivity index is 1.58. The fourth-order valence-electron chi connectivity index (χ4n) is 3.63. The summed E-state index contributed by atoms with van der Waals surface area (Å²) in [5, 5.41) is 0.675. The molecule has 0 saturated carbocycles. The first-order valence-electron chi connectivity index (χ1n) is 8.44. The van der Waals surface area contributed by atoms with Crippen LogP contribution in [0.1, 0.15) is 48.0 Å². The number of piperidine rings is 2. The summed E-state index contributed by atoms with van der Waals surface area (Å²) >= 11 is 6.14. The lowest BCUT2D eigenvalue weighted by Gasteiger charge is -2.40. The summed E-state index contributed by atoms with van der Waals surface area (Å²) in [5.74, 6) is 0.124. The maximum Gasteiger partial charge on any atom is 0.253 e. The third-order valence-corrected chi connectivity index (χ3v) is 5.48. The van der Waals surface area contributed by atoms with Crippen LogP contribution in [0.5, 0.6) is 0 Å². The van der Waals surface area contributed by atoms with Crippen LogP contribution in [0.3, 0.4) is 0 Å². The zero-order valence-corrected chi connectivity index (χ0v) is 14.1. The summed E-state index contributed by atoms with van der Waals surface area (Å²) in [6.07, 6.45) is 6.25. The lowest BCUT2D eigenvalue weighted by atomic mass is 9.99. The molecule has 22 heavy (non-hydrogen) atoms. The highest BCUT2D eigenvalue weighted by Gasteiger charge is 2.28. The van der Waals surface area contributed by atoms with Crippen molar-refractivity contribution >= 4 is 17.5 Å². The highest BCUT2D eigenvalue weighted by molar-refractivity contribution is 6.31. The van der Waals surface area contributed by atoms with Gasteiger partial charge in [-0.3, -0.25) is 4.79 Å². The number of rotatable bonds is 2. The second kappa shape index (κ2) is 7.01. The first kappa shape index (κ1) is 15.8. The van der Waals surface area contributed by atoms with E-state index in [9.17, 15) is 4.79 Å². The molecule has 1 aromatic carbocycles. The number of hydrogen-bond donors (Lipinski definition) is 0. The van der Waals surface area contributed by atoms with Crippen molar-refractivity contribution in [3.8, 4) is 0 Å². The van der Waals surface area contributed by atoms with Gasteiger partial charge >= 0.3 is 0 Å². The van der Waals surface area contributed by atoms with Gasteiger partial charge in [0.1, 0.15) is 0 Å². The third kappa shape index (κ3) is 3.47. The SMILES string of the molecule is Cc1ccc(C(=O)N2CCC(N3CCCCC3)CC2)cc1Cl. The third-order valence-electron chi connectivity index (χ3n) is 5.08. The zero-order valence-electron chi connectivity index (χ0n) is 13.4. The topological polar surface area (TPSA) is 23.6 Å². The molecule has 120 valence electrons. The molecule has 3 nitrogen and oxygen atoms in total. The maximum atomic E-state index is 12.6. The molecule has 1 amide bonds. The smallest absolute Gasteiger partial charge is 0.253 e. The molecule has 2 heterocycles. The number of nitrogens with zero attached hydrogens (tertiary/aromatic N) is 2. The average Bonchev–Trinajstić information content (AvgIpc) is 2.58. The van der Waals surface area contributed by atoms with Crippen LogP contribution in [-0.4, -0.2) is 47.9 Å². The maximum absolute atomic E-state index is 12.6. The second-order valence-electron chi connectivity index (χ2n) is 6.58. The van der Waals surface area contributed by atoms with E-state index in [4.69, 9.17) is 11.6 Å². The van der Waals surface area contributed by atoms with E-state index in [2.05, 4.69) is 4.90 Å². The molecule has 4 heteroatoms. The van der Waals surface area contributed by atoms with E-state index in [0.717, 1.165) is 31.5 Å². The number of halogens is 1. The summed E-state index contributed by atoms with van der Waals surface area (Å²) in [4.78, 5) is 17.2. The summed E-state index contributed by atoms with van der Waals surface area (Å²) in [5.41, 5.74) is 1.73. The molecule has 2 saturated heterocycles. The first-order valence-corrected chi connectivity index (χ1v) is 8.82. The molecule has 0 N–H and O–H groups in total. The molecule has 1 aromatic rings. The Bertz CT molecular complexity index is 532. The Morgan fingerprint density at radius 3 is 2.41 bits per heavy atom. The Kier molecular flexibility index (Phi) is 5.04. The van der Waals surface area contributed by atoms with Gasteiger partial charge < -0.3 is 9.80 Å². The van der Waals surface area contributed by atoms with E-state index in [1.54, 1.807) is 6.07 Å². The molecule has 0 radical (unpaired) electrons. The molecule has 2 aliphatic heterocycles. The van der Waals surface area contributed by atoms with Gasteiger partial charge in [0.15, 0.2) is 0 Å². The first-order chi connectivity index (χ1) is 10.6. The molecule has 0 aromatic heterocycles. The van der Waals surface area contributed by atoms with E-state index in [-0.39, 0.29) is 5.91 Å². The fourth-order valence-corrected chi connectivity index (χ4v) is 3.81. The van der Waals surface area contributed by atoms with E-state index >= 15 is 0 Å². The molecule has 0 unspecified atom stereocenters. The standard InChI is InChI=1S/C18H25ClN2O/c1-14-5-6-15(13-17(14)19)18(22)21-11-7-16(8-12-21)20-9-3-2-4-10-20/h5-6,13,16H,2-4,7-12H2,1H3. The number of hydrogen-bond acceptors (Lipinski definition) is 2.